The lowest BCUT2D eigenvalue weighted by atomic mass is 9.83. The first-order valence-electron chi connectivity index (χ1n) is 11.6. The van der Waals surface area contributed by atoms with Crippen molar-refractivity contribution in [2.45, 2.75) is 17.9 Å². The van der Waals surface area contributed by atoms with E-state index in [1.807, 2.05) is 12.1 Å². The quantitative estimate of drug-likeness (QED) is 0.331. The molecule has 0 unspecified atom stereocenters. The molecule has 0 spiro atoms. The molecule has 10 heteroatoms. The fourth-order valence-corrected chi connectivity index (χ4v) is 4.85. The van der Waals surface area contributed by atoms with E-state index < -0.39 is 11.9 Å². The summed E-state index contributed by atoms with van der Waals surface area (Å²) in [5, 5.41) is 20.0. The van der Waals surface area contributed by atoms with Crippen LogP contribution in [-0.4, -0.2) is 35.4 Å². The molecular formula is C28H23N5O4S. The van der Waals surface area contributed by atoms with Gasteiger partial charge in [0, 0.05) is 18.0 Å². The molecule has 2 N–H and O–H groups in total. The van der Waals surface area contributed by atoms with Crippen LogP contribution in [0.25, 0.3) is 11.3 Å². The molecule has 0 fully saturated rings. The van der Waals surface area contributed by atoms with E-state index in [0.717, 1.165) is 5.56 Å². The number of hydrogen-bond donors (Lipinski definition) is 1. The van der Waals surface area contributed by atoms with E-state index in [0.29, 0.717) is 27.6 Å². The van der Waals surface area contributed by atoms with Gasteiger partial charge in [-0.1, -0.05) is 23.9 Å². The van der Waals surface area contributed by atoms with E-state index in [4.69, 9.17) is 19.9 Å². The van der Waals surface area contributed by atoms with E-state index in [-0.39, 0.29) is 35.1 Å². The summed E-state index contributed by atoms with van der Waals surface area (Å²) in [4.78, 5) is 21.9. The molecule has 0 saturated heterocycles. The predicted molar refractivity (Wildman–Crippen MR) is 140 cm³/mol. The molecule has 3 heterocycles. The van der Waals surface area contributed by atoms with Gasteiger partial charge >= 0.3 is 5.97 Å². The van der Waals surface area contributed by atoms with Crippen LogP contribution < -0.4 is 10.5 Å². The lowest BCUT2D eigenvalue weighted by Crippen LogP contribution is -2.27. The highest BCUT2D eigenvalue weighted by molar-refractivity contribution is 7.99. The van der Waals surface area contributed by atoms with Crippen molar-refractivity contribution in [3.05, 3.63) is 94.8 Å². The Kier molecular flexibility index (Phi) is 8.27. The number of nitriles is 2. The molecule has 9 nitrogen and oxygen atoms in total. The number of ether oxygens (including phenoxy) is 3. The number of rotatable bonds is 8. The number of nitrogens with zero attached hydrogens (tertiary/aromatic N) is 4. The molecule has 1 aliphatic rings. The summed E-state index contributed by atoms with van der Waals surface area (Å²) in [6, 6.07) is 18.3. The summed E-state index contributed by atoms with van der Waals surface area (Å²) in [5.41, 5.74) is 8.96. The van der Waals surface area contributed by atoms with Crippen LogP contribution in [0.1, 0.15) is 24.0 Å². The fraction of sp³-hybridized carbons (Fsp3) is 0.179. The maximum atomic E-state index is 13.2. The maximum Gasteiger partial charge on any atom is 0.338 e. The van der Waals surface area contributed by atoms with E-state index in [1.165, 1.54) is 11.8 Å². The molecular weight excluding hydrogens is 502 g/mol. The number of benzene rings is 1. The number of methoxy groups -OCH3 is 1. The van der Waals surface area contributed by atoms with Crippen molar-refractivity contribution in [1.29, 1.82) is 10.5 Å². The average molecular weight is 526 g/mol. The van der Waals surface area contributed by atoms with Gasteiger partial charge in [0.1, 0.15) is 34.2 Å². The topological polar surface area (TPSA) is 144 Å². The standard InChI is InChI=1S/C28H23N5O4S/c1-3-36-28(34)25-23(37-26(31)21(15-30)24(25)18-4-7-20(35-2)8-5-18)16-38-27-19(14-29)6-9-22(33-27)17-10-12-32-13-11-17/h4-13,24H,3,16,31H2,1-2H3/t24-/m0/s1. The molecule has 4 rings (SSSR count). The molecule has 190 valence electrons. The normalized spacial score (nSPS) is 14.8. The molecule has 0 saturated carbocycles. The van der Waals surface area contributed by atoms with Crippen molar-refractivity contribution in [1.82, 2.24) is 9.97 Å². The number of carbonyl (C=O) groups is 1. The Morgan fingerprint density at radius 2 is 1.84 bits per heavy atom. The van der Waals surface area contributed by atoms with Gasteiger partial charge in [-0.2, -0.15) is 10.5 Å². The number of thioether (sulfide) groups is 1. The number of allylic oxidation sites excluding steroid dienone is 1. The van der Waals surface area contributed by atoms with E-state index in [1.54, 1.807) is 62.8 Å². The molecule has 0 radical (unpaired) electrons. The van der Waals surface area contributed by atoms with Crippen molar-refractivity contribution < 1.29 is 19.0 Å². The zero-order chi connectivity index (χ0) is 27.1. The summed E-state index contributed by atoms with van der Waals surface area (Å²) in [6.07, 6.45) is 3.32. The minimum atomic E-state index is -0.805. The molecule has 2 aromatic heterocycles. The molecule has 0 aliphatic carbocycles. The van der Waals surface area contributed by atoms with Crippen LogP contribution in [0, 0.1) is 22.7 Å². The van der Waals surface area contributed by atoms with Crippen LogP contribution in [0.4, 0.5) is 0 Å². The van der Waals surface area contributed by atoms with Gasteiger partial charge in [-0.25, -0.2) is 9.78 Å². The molecule has 38 heavy (non-hydrogen) atoms. The Morgan fingerprint density at radius 1 is 1.11 bits per heavy atom. The van der Waals surface area contributed by atoms with Crippen molar-refractivity contribution in [2.24, 2.45) is 5.73 Å². The van der Waals surface area contributed by atoms with Crippen molar-refractivity contribution in [3.8, 4) is 29.1 Å². The SMILES string of the molecule is CCOC(=O)C1=C(CSc2nc(-c3ccncc3)ccc2C#N)OC(N)=C(C#N)[C@@H]1c1ccc(OC)cc1. The zero-order valence-electron chi connectivity index (χ0n) is 20.7. The summed E-state index contributed by atoms with van der Waals surface area (Å²) in [5.74, 6) is -0.564. The Morgan fingerprint density at radius 3 is 2.47 bits per heavy atom. The summed E-state index contributed by atoms with van der Waals surface area (Å²) in [6.45, 7) is 1.83. The molecule has 3 aromatic rings. The van der Waals surface area contributed by atoms with Gasteiger partial charge in [0.05, 0.1) is 42.2 Å². The minimum absolute atomic E-state index is 0.0995. The highest BCUT2D eigenvalue weighted by Crippen LogP contribution is 2.41. The van der Waals surface area contributed by atoms with Gasteiger partial charge in [-0.15, -0.1) is 0 Å². The van der Waals surface area contributed by atoms with Gasteiger partial charge in [0.15, 0.2) is 0 Å². The first-order chi connectivity index (χ1) is 18.5. The van der Waals surface area contributed by atoms with Crippen LogP contribution in [0.5, 0.6) is 5.75 Å². The van der Waals surface area contributed by atoms with Gasteiger partial charge in [0.2, 0.25) is 5.88 Å². The van der Waals surface area contributed by atoms with Gasteiger partial charge < -0.3 is 19.9 Å². The van der Waals surface area contributed by atoms with Crippen LogP contribution in [0.15, 0.2) is 88.7 Å². The first-order valence-corrected chi connectivity index (χ1v) is 12.5. The van der Waals surface area contributed by atoms with Crippen LogP contribution in [-0.2, 0) is 14.3 Å². The summed E-state index contributed by atoms with van der Waals surface area (Å²) in [7, 11) is 1.55. The fourth-order valence-electron chi connectivity index (χ4n) is 3.94. The van der Waals surface area contributed by atoms with E-state index in [2.05, 4.69) is 22.1 Å². The zero-order valence-corrected chi connectivity index (χ0v) is 21.5. The number of nitrogens with two attached hydrogens (primary N) is 1. The Bertz CT molecular complexity index is 1490. The highest BCUT2D eigenvalue weighted by Gasteiger charge is 2.37. The number of carbonyl (C=O) groups excluding carboxylic acids is 1. The van der Waals surface area contributed by atoms with Gasteiger partial charge in [0.25, 0.3) is 0 Å². The number of pyridine rings is 2. The van der Waals surface area contributed by atoms with Crippen molar-refractivity contribution >= 4 is 17.7 Å². The van der Waals surface area contributed by atoms with Crippen LogP contribution in [0.3, 0.4) is 0 Å². The Labute approximate surface area is 224 Å². The largest absolute Gasteiger partial charge is 0.497 e. The monoisotopic (exact) mass is 525 g/mol. The molecule has 0 bridgehead atoms. The lowest BCUT2D eigenvalue weighted by Gasteiger charge is -2.28. The number of aromatic nitrogens is 2. The van der Waals surface area contributed by atoms with Crippen molar-refractivity contribution in [3.63, 3.8) is 0 Å². The first kappa shape index (κ1) is 26.3. The minimum Gasteiger partial charge on any atom is -0.497 e. The van der Waals surface area contributed by atoms with Crippen LogP contribution >= 0.6 is 11.8 Å². The van der Waals surface area contributed by atoms with Gasteiger partial charge in [-0.05, 0) is 48.9 Å². The smallest absolute Gasteiger partial charge is 0.338 e. The third-order valence-corrected chi connectivity index (χ3v) is 6.73. The third-order valence-electron chi connectivity index (χ3n) is 5.74. The second kappa shape index (κ2) is 12.0. The van der Waals surface area contributed by atoms with Gasteiger partial charge in [-0.3, -0.25) is 4.98 Å². The molecule has 0 amide bonds. The van der Waals surface area contributed by atoms with Crippen molar-refractivity contribution in [2.75, 3.05) is 19.5 Å². The van der Waals surface area contributed by atoms with E-state index in [9.17, 15) is 15.3 Å². The number of esters is 1. The second-order valence-electron chi connectivity index (χ2n) is 7.94. The predicted octanol–water partition coefficient (Wildman–Crippen LogP) is 4.44. The third kappa shape index (κ3) is 5.46. The van der Waals surface area contributed by atoms with E-state index >= 15 is 0 Å². The Hall–Kier alpha value is -4.80. The summed E-state index contributed by atoms with van der Waals surface area (Å²) < 4.78 is 16.4. The maximum absolute atomic E-state index is 13.2. The highest BCUT2D eigenvalue weighted by atomic mass is 32.2. The second-order valence-corrected chi connectivity index (χ2v) is 8.90. The molecule has 1 aromatic carbocycles. The average Bonchev–Trinajstić information content (AvgIpc) is 2.96. The lowest BCUT2D eigenvalue weighted by molar-refractivity contribution is -0.139. The Balaban J connectivity index is 1.76. The van der Waals surface area contributed by atoms with Crippen LogP contribution in [0.2, 0.25) is 0 Å². The summed E-state index contributed by atoms with van der Waals surface area (Å²) >= 11 is 1.22. The molecule has 1 atom stereocenters. The number of hydrogen-bond acceptors (Lipinski definition) is 10. The molecule has 1 aliphatic heterocycles.